The number of amides is 2. The van der Waals surface area contributed by atoms with Crippen LogP contribution in [0.2, 0.25) is 0 Å². The van der Waals surface area contributed by atoms with E-state index < -0.39 is 11.3 Å². The fourth-order valence-corrected chi connectivity index (χ4v) is 1.34. The number of hydrogen-bond acceptors (Lipinski definition) is 3. The molecule has 0 heterocycles. The summed E-state index contributed by atoms with van der Waals surface area (Å²) in [5.41, 5.74) is 12.0. The number of carbonyl (C=O) groups excluding carboxylic acids is 2. The van der Waals surface area contributed by atoms with Crippen molar-refractivity contribution in [2.75, 3.05) is 11.9 Å². The number of hydrogen-bond donors (Lipinski definition) is 3. The number of anilines is 1. The van der Waals surface area contributed by atoms with Crippen molar-refractivity contribution in [2.24, 2.45) is 16.9 Å². The first-order valence-electron chi connectivity index (χ1n) is 5.70. The van der Waals surface area contributed by atoms with Crippen LogP contribution in [0, 0.1) is 12.3 Å². The van der Waals surface area contributed by atoms with Gasteiger partial charge < -0.3 is 16.8 Å². The van der Waals surface area contributed by atoms with E-state index in [0.29, 0.717) is 11.3 Å². The quantitative estimate of drug-likeness (QED) is 0.742. The maximum atomic E-state index is 12.0. The number of rotatable bonds is 4. The van der Waals surface area contributed by atoms with Crippen LogP contribution >= 0.6 is 0 Å². The van der Waals surface area contributed by atoms with E-state index >= 15 is 0 Å². The van der Waals surface area contributed by atoms with Gasteiger partial charge in [0.25, 0.3) is 0 Å². The minimum atomic E-state index is -0.630. The van der Waals surface area contributed by atoms with Gasteiger partial charge in [0.2, 0.25) is 11.8 Å². The first-order chi connectivity index (χ1) is 8.27. The Balaban J connectivity index is 2.93. The highest BCUT2D eigenvalue weighted by atomic mass is 16.2. The van der Waals surface area contributed by atoms with Gasteiger partial charge in [-0.2, -0.15) is 0 Å². The minimum absolute atomic E-state index is 0.153. The van der Waals surface area contributed by atoms with E-state index in [0.717, 1.165) is 5.56 Å². The third-order valence-corrected chi connectivity index (χ3v) is 2.88. The van der Waals surface area contributed by atoms with E-state index in [-0.39, 0.29) is 12.5 Å². The Morgan fingerprint density at radius 2 is 1.94 bits per heavy atom. The molecule has 0 saturated carbocycles. The molecule has 0 spiro atoms. The summed E-state index contributed by atoms with van der Waals surface area (Å²) in [7, 11) is 0. The molecule has 0 saturated heterocycles. The Labute approximate surface area is 107 Å². The number of nitrogens with two attached hydrogens (primary N) is 2. The predicted octanol–water partition coefficient (Wildman–Crippen LogP) is 1.02. The van der Waals surface area contributed by atoms with Gasteiger partial charge in [-0.05, 0) is 44.5 Å². The summed E-state index contributed by atoms with van der Waals surface area (Å²) in [6.07, 6.45) is 0. The number of primary amides is 1. The molecule has 0 unspecified atom stereocenters. The van der Waals surface area contributed by atoms with Gasteiger partial charge in [0.15, 0.2) is 0 Å². The molecule has 0 aliphatic heterocycles. The number of benzene rings is 1. The van der Waals surface area contributed by atoms with Crippen LogP contribution in [0.25, 0.3) is 0 Å². The molecule has 5 N–H and O–H groups in total. The highest BCUT2D eigenvalue weighted by Gasteiger charge is 2.26. The minimum Gasteiger partial charge on any atom is -0.366 e. The van der Waals surface area contributed by atoms with E-state index in [2.05, 4.69) is 5.32 Å². The molecule has 1 aromatic carbocycles. The molecule has 18 heavy (non-hydrogen) atoms. The third-order valence-electron chi connectivity index (χ3n) is 2.88. The number of nitrogens with one attached hydrogen (secondary N) is 1. The van der Waals surface area contributed by atoms with Crippen LogP contribution in [-0.4, -0.2) is 18.4 Å². The van der Waals surface area contributed by atoms with E-state index in [1.165, 1.54) is 0 Å². The summed E-state index contributed by atoms with van der Waals surface area (Å²) in [5, 5.41) is 2.80. The van der Waals surface area contributed by atoms with Crippen molar-refractivity contribution in [3.63, 3.8) is 0 Å². The normalized spacial score (nSPS) is 11.1. The van der Waals surface area contributed by atoms with Crippen LogP contribution in [-0.2, 0) is 4.79 Å². The van der Waals surface area contributed by atoms with Crippen LogP contribution in [0.15, 0.2) is 18.2 Å². The maximum Gasteiger partial charge on any atom is 0.248 e. The Morgan fingerprint density at radius 3 is 2.39 bits per heavy atom. The molecule has 5 heteroatoms. The van der Waals surface area contributed by atoms with Gasteiger partial charge in [0.1, 0.15) is 0 Å². The van der Waals surface area contributed by atoms with Gasteiger partial charge in [0, 0.05) is 17.8 Å². The molecule has 0 fully saturated rings. The summed E-state index contributed by atoms with van der Waals surface area (Å²) < 4.78 is 0. The van der Waals surface area contributed by atoms with Crippen molar-refractivity contribution in [1.82, 2.24) is 0 Å². The smallest absolute Gasteiger partial charge is 0.248 e. The molecule has 0 aliphatic carbocycles. The molecule has 0 bridgehead atoms. The summed E-state index contributed by atoms with van der Waals surface area (Å²) in [4.78, 5) is 23.0. The summed E-state index contributed by atoms with van der Waals surface area (Å²) in [6.45, 7) is 5.61. The van der Waals surface area contributed by atoms with Gasteiger partial charge in [-0.25, -0.2) is 0 Å². The fourth-order valence-electron chi connectivity index (χ4n) is 1.34. The number of carbonyl (C=O) groups is 2. The van der Waals surface area contributed by atoms with E-state index in [1.54, 1.807) is 39.0 Å². The van der Waals surface area contributed by atoms with E-state index in [9.17, 15) is 9.59 Å². The highest BCUT2D eigenvalue weighted by Crippen LogP contribution is 2.20. The monoisotopic (exact) mass is 249 g/mol. The fraction of sp³-hybridized carbons (Fsp3) is 0.385. The Bertz CT molecular complexity index is 481. The molecule has 0 radical (unpaired) electrons. The third kappa shape index (κ3) is 3.07. The lowest BCUT2D eigenvalue weighted by atomic mass is 9.92. The van der Waals surface area contributed by atoms with Crippen molar-refractivity contribution in [3.05, 3.63) is 29.3 Å². The Kier molecular flexibility index (Phi) is 4.08. The van der Waals surface area contributed by atoms with E-state index in [1.807, 2.05) is 0 Å². The van der Waals surface area contributed by atoms with Crippen molar-refractivity contribution in [1.29, 1.82) is 0 Å². The molecule has 98 valence electrons. The van der Waals surface area contributed by atoms with Gasteiger partial charge in [-0.1, -0.05) is 0 Å². The van der Waals surface area contributed by atoms with Gasteiger partial charge in [-0.3, -0.25) is 9.59 Å². The van der Waals surface area contributed by atoms with Crippen LogP contribution < -0.4 is 16.8 Å². The van der Waals surface area contributed by atoms with Gasteiger partial charge in [-0.15, -0.1) is 0 Å². The maximum absolute atomic E-state index is 12.0. The second-order valence-corrected chi connectivity index (χ2v) is 4.94. The standard InChI is InChI=1S/C13H19N3O2/c1-8-6-9(11(15)17)4-5-10(8)16-12(18)13(2,3)7-14/h4-6H,7,14H2,1-3H3,(H2,15,17)(H,16,18). The van der Waals surface area contributed by atoms with Crippen LogP contribution in [0.3, 0.4) is 0 Å². The molecule has 2 amide bonds. The molecule has 1 aromatic rings. The van der Waals surface area contributed by atoms with Crippen molar-refractivity contribution in [3.8, 4) is 0 Å². The first-order valence-corrected chi connectivity index (χ1v) is 5.70. The highest BCUT2D eigenvalue weighted by molar-refractivity contribution is 5.97. The molecule has 0 aromatic heterocycles. The van der Waals surface area contributed by atoms with E-state index in [4.69, 9.17) is 11.5 Å². The van der Waals surface area contributed by atoms with Crippen molar-refractivity contribution >= 4 is 17.5 Å². The second kappa shape index (κ2) is 5.18. The Hall–Kier alpha value is -1.88. The zero-order valence-corrected chi connectivity index (χ0v) is 10.9. The lowest BCUT2D eigenvalue weighted by Gasteiger charge is -2.22. The SMILES string of the molecule is Cc1cc(C(N)=O)ccc1NC(=O)C(C)(C)CN. The topological polar surface area (TPSA) is 98.2 Å². The van der Waals surface area contributed by atoms with Crippen LogP contribution in [0.5, 0.6) is 0 Å². The Morgan fingerprint density at radius 1 is 1.33 bits per heavy atom. The summed E-state index contributed by atoms with van der Waals surface area (Å²) in [6, 6.07) is 4.90. The van der Waals surface area contributed by atoms with Crippen molar-refractivity contribution < 1.29 is 9.59 Å². The molecule has 0 aliphatic rings. The number of aryl methyl sites for hydroxylation is 1. The van der Waals surface area contributed by atoms with Crippen LogP contribution in [0.1, 0.15) is 29.8 Å². The predicted molar refractivity (Wildman–Crippen MR) is 71.2 cm³/mol. The lowest BCUT2D eigenvalue weighted by Crippen LogP contribution is -2.37. The van der Waals surface area contributed by atoms with Crippen LogP contribution in [0.4, 0.5) is 5.69 Å². The van der Waals surface area contributed by atoms with Gasteiger partial charge in [0.05, 0.1) is 5.41 Å². The molecule has 0 atom stereocenters. The van der Waals surface area contributed by atoms with Gasteiger partial charge >= 0.3 is 0 Å². The zero-order chi connectivity index (χ0) is 13.9. The average molecular weight is 249 g/mol. The lowest BCUT2D eigenvalue weighted by molar-refractivity contribution is -0.123. The summed E-state index contributed by atoms with van der Waals surface area (Å²) in [5.74, 6) is -0.641. The molecular formula is C13H19N3O2. The average Bonchev–Trinajstić information content (AvgIpc) is 2.31. The first kappa shape index (κ1) is 14.2. The zero-order valence-electron chi connectivity index (χ0n) is 10.9. The second-order valence-electron chi connectivity index (χ2n) is 4.94. The largest absolute Gasteiger partial charge is 0.366 e. The molecular weight excluding hydrogens is 230 g/mol. The molecule has 5 nitrogen and oxygen atoms in total. The molecule has 1 rings (SSSR count). The van der Waals surface area contributed by atoms with Crippen molar-refractivity contribution in [2.45, 2.75) is 20.8 Å². The summed E-state index contributed by atoms with van der Waals surface area (Å²) >= 11 is 0.